The van der Waals surface area contributed by atoms with E-state index in [0.717, 1.165) is 11.6 Å². The second-order valence-corrected chi connectivity index (χ2v) is 3.77. The van der Waals surface area contributed by atoms with Crippen LogP contribution in [0.15, 0.2) is 36.0 Å². The molecule has 0 amide bonds. The average molecular weight is 245 g/mol. The second kappa shape index (κ2) is 4.65. The van der Waals surface area contributed by atoms with Crippen LogP contribution in [0.25, 0.3) is 0 Å². The summed E-state index contributed by atoms with van der Waals surface area (Å²) in [4.78, 5) is 0.0785. The zero-order valence-electron chi connectivity index (χ0n) is 8.51. The number of hydrogen-bond acceptors (Lipinski definition) is 2. The first-order chi connectivity index (χ1) is 7.30. The van der Waals surface area contributed by atoms with Crippen LogP contribution in [0.4, 0.5) is 13.2 Å². The van der Waals surface area contributed by atoms with Crippen LogP contribution in [0.2, 0.25) is 0 Å². The zero-order valence-corrected chi connectivity index (χ0v) is 9.32. The van der Waals surface area contributed by atoms with E-state index in [9.17, 15) is 13.2 Å². The number of halogens is 3. The first-order valence-electron chi connectivity index (χ1n) is 4.46. The van der Waals surface area contributed by atoms with E-state index in [1.165, 1.54) is 0 Å². The minimum Gasteiger partial charge on any atom is -0.395 e. The van der Waals surface area contributed by atoms with Crippen LogP contribution >= 0.6 is 12.2 Å². The van der Waals surface area contributed by atoms with Gasteiger partial charge in [-0.15, -0.1) is 0 Å². The molecular weight excluding hydrogens is 235 g/mol. The lowest BCUT2D eigenvalue weighted by Gasteiger charge is -2.06. The van der Waals surface area contributed by atoms with Gasteiger partial charge in [-0.3, -0.25) is 0 Å². The molecule has 0 aliphatic rings. The number of allylic oxidation sites excluding steroid dienone is 2. The lowest BCUT2D eigenvalue weighted by atomic mass is 10.1. The topological polar surface area (TPSA) is 26.0 Å². The predicted octanol–water partition coefficient (Wildman–Crippen LogP) is 3.12. The van der Waals surface area contributed by atoms with Gasteiger partial charge in [0, 0.05) is 4.86 Å². The van der Waals surface area contributed by atoms with Crippen LogP contribution in [0.3, 0.4) is 0 Å². The molecule has 0 fully saturated rings. The van der Waals surface area contributed by atoms with Gasteiger partial charge in [-0.2, -0.15) is 13.2 Å². The Kier molecular flexibility index (Phi) is 3.70. The summed E-state index contributed by atoms with van der Waals surface area (Å²) < 4.78 is 36.4. The third-order valence-corrected chi connectivity index (χ3v) is 2.30. The molecule has 0 bridgehead atoms. The lowest BCUT2D eigenvalue weighted by molar-refractivity contribution is -0.0925. The number of rotatable bonds is 2. The van der Waals surface area contributed by atoms with Crippen molar-refractivity contribution in [2.45, 2.75) is 13.1 Å². The Morgan fingerprint density at radius 2 is 1.75 bits per heavy atom. The van der Waals surface area contributed by atoms with E-state index >= 15 is 0 Å². The van der Waals surface area contributed by atoms with Gasteiger partial charge in [0.2, 0.25) is 0 Å². The molecule has 2 N–H and O–H groups in total. The van der Waals surface area contributed by atoms with Crippen LogP contribution in [0, 0.1) is 6.92 Å². The zero-order chi connectivity index (χ0) is 12.3. The van der Waals surface area contributed by atoms with E-state index in [1.54, 1.807) is 24.3 Å². The third kappa shape index (κ3) is 3.34. The van der Waals surface area contributed by atoms with Gasteiger partial charge in [0.15, 0.2) is 0 Å². The molecule has 0 unspecified atom stereocenters. The fourth-order valence-corrected chi connectivity index (χ4v) is 1.29. The maximum Gasteiger partial charge on any atom is 0.430 e. The molecule has 0 aromatic heterocycles. The van der Waals surface area contributed by atoms with Gasteiger partial charge in [0.25, 0.3) is 0 Å². The molecule has 0 saturated heterocycles. The Hall–Kier alpha value is -1.36. The first-order valence-corrected chi connectivity index (χ1v) is 4.87. The fraction of sp³-hybridized carbons (Fsp3) is 0.182. The largest absolute Gasteiger partial charge is 0.430 e. The van der Waals surface area contributed by atoms with Gasteiger partial charge < -0.3 is 5.73 Å². The molecule has 1 aromatic carbocycles. The summed E-state index contributed by atoms with van der Waals surface area (Å²) in [6.45, 7) is 1.88. The van der Waals surface area contributed by atoms with E-state index in [-0.39, 0.29) is 4.86 Å². The molecule has 5 heteroatoms. The van der Waals surface area contributed by atoms with Gasteiger partial charge in [0.05, 0.1) is 0 Å². The summed E-state index contributed by atoms with van der Waals surface area (Å²) >= 11 is 4.85. The normalized spacial score (nSPS) is 12.6. The van der Waals surface area contributed by atoms with Gasteiger partial charge in [-0.05, 0) is 18.6 Å². The van der Waals surface area contributed by atoms with Crippen LogP contribution in [0.1, 0.15) is 11.1 Å². The van der Waals surface area contributed by atoms with Crippen molar-refractivity contribution in [1.82, 2.24) is 0 Å². The molecule has 86 valence electrons. The third-order valence-electron chi connectivity index (χ3n) is 1.95. The summed E-state index contributed by atoms with van der Waals surface area (Å²) in [5, 5.41) is 0. The molecule has 0 aliphatic carbocycles. The average Bonchev–Trinajstić information content (AvgIpc) is 2.17. The van der Waals surface area contributed by atoms with Gasteiger partial charge in [0.1, 0.15) is 5.70 Å². The Balaban J connectivity index is 2.92. The number of nitrogens with two attached hydrogens (primary N) is 1. The highest BCUT2D eigenvalue weighted by atomic mass is 32.1. The molecular formula is C11H10F3NS. The fourth-order valence-electron chi connectivity index (χ4n) is 1.02. The quantitative estimate of drug-likeness (QED) is 0.492. The summed E-state index contributed by atoms with van der Waals surface area (Å²) in [5.41, 5.74) is 5.25. The standard InChI is InChI=1S/C11H10F3NS/c1-7-2-4-8(5-3-7)9(16)6-10(15)11(12,13)14/h2-6H,15H2,1H3/b10-6-. The molecule has 0 aliphatic heterocycles. The van der Waals surface area contributed by atoms with Gasteiger partial charge >= 0.3 is 6.18 Å². The summed E-state index contributed by atoms with van der Waals surface area (Å²) in [5.74, 6) is 0. The number of thiocarbonyl (C=S) groups is 1. The first kappa shape index (κ1) is 12.7. The Morgan fingerprint density at radius 1 is 1.25 bits per heavy atom. The Labute approximate surface area is 96.8 Å². The van der Waals surface area contributed by atoms with E-state index in [0.29, 0.717) is 5.56 Å². The highest BCUT2D eigenvalue weighted by molar-refractivity contribution is 7.81. The summed E-state index contributed by atoms with van der Waals surface area (Å²) in [6, 6.07) is 6.88. The minimum atomic E-state index is -4.53. The number of hydrogen-bond donors (Lipinski definition) is 1. The van der Waals surface area contributed by atoms with Gasteiger partial charge in [-0.1, -0.05) is 42.0 Å². The SMILES string of the molecule is Cc1ccc(C(=S)/C=C(\N)C(F)(F)F)cc1. The summed E-state index contributed by atoms with van der Waals surface area (Å²) in [6.07, 6.45) is -3.77. The van der Waals surface area contributed by atoms with Crippen molar-refractivity contribution >= 4 is 17.1 Å². The van der Waals surface area contributed by atoms with Crippen molar-refractivity contribution in [3.8, 4) is 0 Å². The van der Waals surface area contributed by atoms with Crippen molar-refractivity contribution in [2.24, 2.45) is 5.73 Å². The van der Waals surface area contributed by atoms with Crippen molar-refractivity contribution < 1.29 is 13.2 Å². The highest BCUT2D eigenvalue weighted by Gasteiger charge is 2.31. The Bertz CT molecular complexity index is 418. The number of aryl methyl sites for hydroxylation is 1. The van der Waals surface area contributed by atoms with Crippen molar-refractivity contribution in [1.29, 1.82) is 0 Å². The smallest absolute Gasteiger partial charge is 0.395 e. The number of benzene rings is 1. The summed E-state index contributed by atoms with van der Waals surface area (Å²) in [7, 11) is 0. The molecule has 0 radical (unpaired) electrons. The van der Waals surface area contributed by atoms with E-state index in [1.807, 2.05) is 6.92 Å². The number of alkyl halides is 3. The van der Waals surface area contributed by atoms with Crippen LogP contribution in [0.5, 0.6) is 0 Å². The van der Waals surface area contributed by atoms with E-state index in [2.05, 4.69) is 0 Å². The molecule has 1 aromatic rings. The van der Waals surface area contributed by atoms with Crippen molar-refractivity contribution in [3.05, 3.63) is 47.2 Å². The van der Waals surface area contributed by atoms with E-state index < -0.39 is 11.9 Å². The molecule has 16 heavy (non-hydrogen) atoms. The van der Waals surface area contributed by atoms with Crippen LogP contribution in [-0.4, -0.2) is 11.0 Å². The van der Waals surface area contributed by atoms with Crippen LogP contribution in [-0.2, 0) is 0 Å². The maximum absolute atomic E-state index is 12.1. The van der Waals surface area contributed by atoms with Gasteiger partial charge in [-0.25, -0.2) is 0 Å². The minimum absolute atomic E-state index is 0.0785. The molecule has 1 nitrogen and oxygen atoms in total. The maximum atomic E-state index is 12.1. The lowest BCUT2D eigenvalue weighted by Crippen LogP contribution is -2.20. The van der Waals surface area contributed by atoms with Crippen molar-refractivity contribution in [2.75, 3.05) is 0 Å². The molecule has 0 spiro atoms. The molecule has 0 saturated carbocycles. The highest BCUT2D eigenvalue weighted by Crippen LogP contribution is 2.22. The predicted molar refractivity (Wildman–Crippen MR) is 61.2 cm³/mol. The van der Waals surface area contributed by atoms with E-state index in [4.69, 9.17) is 18.0 Å². The second-order valence-electron chi connectivity index (χ2n) is 3.33. The molecule has 0 heterocycles. The molecule has 0 atom stereocenters. The van der Waals surface area contributed by atoms with Crippen LogP contribution < -0.4 is 5.73 Å². The van der Waals surface area contributed by atoms with Crippen molar-refractivity contribution in [3.63, 3.8) is 0 Å². The monoisotopic (exact) mass is 245 g/mol. The molecule has 1 rings (SSSR count). The Morgan fingerprint density at radius 3 is 2.19 bits per heavy atom.